The summed E-state index contributed by atoms with van der Waals surface area (Å²) < 4.78 is 12.8. The molecular formula is C39H52N2O5. The van der Waals surface area contributed by atoms with Gasteiger partial charge in [-0.15, -0.1) is 0 Å². The lowest BCUT2D eigenvalue weighted by molar-refractivity contribution is -0.143. The van der Waals surface area contributed by atoms with E-state index in [0.29, 0.717) is 30.0 Å². The van der Waals surface area contributed by atoms with Gasteiger partial charge in [-0.25, -0.2) is 0 Å². The molecule has 7 nitrogen and oxygen atoms in total. The number of piperidine rings is 1. The lowest BCUT2D eigenvalue weighted by Gasteiger charge is -2.60. The van der Waals surface area contributed by atoms with E-state index in [1.165, 1.54) is 23.6 Å². The molecule has 0 radical (unpaired) electrons. The third-order valence-corrected chi connectivity index (χ3v) is 11.9. The van der Waals surface area contributed by atoms with Gasteiger partial charge in [0, 0.05) is 49.4 Å². The number of hydrogen-bond acceptors (Lipinski definition) is 6. The van der Waals surface area contributed by atoms with Crippen molar-refractivity contribution >= 4 is 11.9 Å². The van der Waals surface area contributed by atoms with E-state index in [1.807, 2.05) is 6.07 Å². The minimum absolute atomic E-state index is 0.00547. The first-order valence-corrected chi connectivity index (χ1v) is 18.2. The molecule has 0 aromatic heterocycles. The van der Waals surface area contributed by atoms with Crippen LogP contribution in [0.2, 0.25) is 0 Å². The predicted octanol–water partition coefficient (Wildman–Crippen LogP) is 6.22. The van der Waals surface area contributed by atoms with E-state index >= 15 is 0 Å². The fourth-order valence-electron chi connectivity index (χ4n) is 9.68. The summed E-state index contributed by atoms with van der Waals surface area (Å²) in [5.41, 5.74) is 3.74. The van der Waals surface area contributed by atoms with Crippen molar-refractivity contribution < 1.29 is 24.2 Å². The van der Waals surface area contributed by atoms with Gasteiger partial charge in [-0.2, -0.15) is 0 Å². The van der Waals surface area contributed by atoms with E-state index in [9.17, 15) is 14.7 Å². The Morgan fingerprint density at radius 2 is 1.89 bits per heavy atom. The average Bonchev–Trinajstić information content (AvgIpc) is 3.63. The molecule has 1 spiro atoms. The number of unbranched alkanes of at least 4 members (excludes halogenated alkanes) is 4. The second-order valence-electron chi connectivity index (χ2n) is 14.8. The summed E-state index contributed by atoms with van der Waals surface area (Å²) in [4.78, 5) is 31.2. The van der Waals surface area contributed by atoms with Crippen molar-refractivity contribution in [3.8, 4) is 11.5 Å². The summed E-state index contributed by atoms with van der Waals surface area (Å²) in [6.07, 6.45) is 12.5. The standard InChI is InChI=1S/C39H52N2O5/c1-3-4-11-21-41(35(44)15-10-6-9-14-27-12-7-5-8-13-27)31-18-17-30-32-23-28-16-19-34(45-26(2)42)37-36(28)39(30,38(31)46-37)20-22-40(32)25-29-24-33(29)43/h5,7-8,12-13,16,19,29-33,38,43H,3-4,6,9-11,14-15,17-18,20-25H2,1-2H3/t29?,30-,31+,32+,33?,38-,39-/m0/s1. The molecule has 2 aromatic carbocycles. The van der Waals surface area contributed by atoms with Crippen LogP contribution in [-0.4, -0.2) is 70.7 Å². The number of likely N-dealkylation sites (tertiary alicyclic amines) is 1. The molecule has 46 heavy (non-hydrogen) atoms. The molecule has 2 saturated carbocycles. The number of ether oxygens (including phenoxy) is 2. The van der Waals surface area contributed by atoms with Crippen LogP contribution in [0.1, 0.15) is 101 Å². The quantitative estimate of drug-likeness (QED) is 0.152. The number of aliphatic hydroxyl groups excluding tert-OH is 1. The van der Waals surface area contributed by atoms with Gasteiger partial charge in [0.2, 0.25) is 5.91 Å². The van der Waals surface area contributed by atoms with Crippen LogP contribution in [0, 0.1) is 11.8 Å². The van der Waals surface area contributed by atoms with Gasteiger partial charge in [0.1, 0.15) is 6.10 Å². The molecule has 2 heterocycles. The number of amides is 1. The monoisotopic (exact) mass is 628 g/mol. The summed E-state index contributed by atoms with van der Waals surface area (Å²) in [7, 11) is 0. The number of carbonyl (C=O) groups excluding carboxylic acids is 2. The molecule has 7 heteroatoms. The molecule has 2 aliphatic heterocycles. The second-order valence-corrected chi connectivity index (χ2v) is 14.8. The van der Waals surface area contributed by atoms with Crippen LogP contribution in [-0.2, 0) is 27.8 Å². The molecule has 248 valence electrons. The van der Waals surface area contributed by atoms with E-state index in [1.54, 1.807) is 0 Å². The van der Waals surface area contributed by atoms with E-state index < -0.39 is 0 Å². The maximum absolute atomic E-state index is 14.2. The Hall–Kier alpha value is -2.90. The maximum Gasteiger partial charge on any atom is 0.308 e. The molecular weight excluding hydrogens is 576 g/mol. The number of hydrogen-bond donors (Lipinski definition) is 1. The molecule has 3 fully saturated rings. The highest BCUT2D eigenvalue weighted by Gasteiger charge is 2.67. The molecule has 7 rings (SSSR count). The lowest BCUT2D eigenvalue weighted by Crippen LogP contribution is -2.69. The van der Waals surface area contributed by atoms with Crippen LogP contribution in [0.25, 0.3) is 0 Å². The van der Waals surface area contributed by atoms with Gasteiger partial charge in [-0.3, -0.25) is 14.5 Å². The summed E-state index contributed by atoms with van der Waals surface area (Å²) in [5.74, 6) is 2.02. The number of carbonyl (C=O) groups is 2. The molecule has 2 bridgehead atoms. The van der Waals surface area contributed by atoms with Crippen LogP contribution in [0.4, 0.5) is 0 Å². The van der Waals surface area contributed by atoms with E-state index in [-0.39, 0.29) is 35.5 Å². The molecule has 1 amide bonds. The summed E-state index contributed by atoms with van der Waals surface area (Å²) in [5, 5.41) is 10.2. The molecule has 1 saturated heterocycles. The minimum atomic E-state index is -0.338. The normalized spacial score (nSPS) is 30.3. The van der Waals surface area contributed by atoms with Crippen molar-refractivity contribution in [2.24, 2.45) is 11.8 Å². The van der Waals surface area contributed by atoms with Gasteiger partial charge in [0.15, 0.2) is 11.5 Å². The highest BCUT2D eigenvalue weighted by Crippen LogP contribution is 2.64. The smallest absolute Gasteiger partial charge is 0.308 e. The minimum Gasteiger partial charge on any atom is -0.483 e. The predicted molar refractivity (Wildman–Crippen MR) is 178 cm³/mol. The Morgan fingerprint density at radius 3 is 2.65 bits per heavy atom. The Morgan fingerprint density at radius 1 is 1.07 bits per heavy atom. The number of aryl methyl sites for hydroxylation is 1. The van der Waals surface area contributed by atoms with Crippen molar-refractivity contribution in [1.82, 2.24) is 9.80 Å². The van der Waals surface area contributed by atoms with Crippen LogP contribution < -0.4 is 9.47 Å². The van der Waals surface area contributed by atoms with Crippen LogP contribution in [0.15, 0.2) is 42.5 Å². The molecule has 2 aromatic rings. The SMILES string of the molecule is CCCCCN(C(=O)CCCCCc1ccccc1)[C@@H]1CC[C@H]2[C@H]3Cc4ccc(OC(C)=O)c5c4[C@@]2(CCN3CC2CC2O)[C@H]1O5. The van der Waals surface area contributed by atoms with Gasteiger partial charge in [-0.1, -0.05) is 62.6 Å². The first-order chi connectivity index (χ1) is 22.4. The van der Waals surface area contributed by atoms with E-state index in [2.05, 4.69) is 53.1 Å². The zero-order chi connectivity index (χ0) is 31.8. The fraction of sp³-hybridized carbons (Fsp3) is 0.641. The van der Waals surface area contributed by atoms with Crippen molar-refractivity contribution in [2.75, 3.05) is 19.6 Å². The highest BCUT2D eigenvalue weighted by atomic mass is 16.6. The number of aliphatic hydroxyl groups is 1. The zero-order valence-electron chi connectivity index (χ0n) is 27.8. The van der Waals surface area contributed by atoms with E-state index in [0.717, 1.165) is 102 Å². The molecule has 7 atom stereocenters. The van der Waals surface area contributed by atoms with Gasteiger partial charge < -0.3 is 19.5 Å². The third kappa shape index (κ3) is 5.87. The number of rotatable bonds is 14. The first-order valence-electron chi connectivity index (χ1n) is 18.2. The largest absolute Gasteiger partial charge is 0.483 e. The lowest BCUT2D eigenvalue weighted by atomic mass is 9.51. The number of benzene rings is 2. The Labute approximate surface area is 274 Å². The first kappa shape index (κ1) is 31.7. The number of nitrogens with zero attached hydrogens (tertiary/aromatic N) is 2. The summed E-state index contributed by atoms with van der Waals surface area (Å²) in [6, 6.07) is 15.1. The van der Waals surface area contributed by atoms with Gasteiger partial charge in [0.25, 0.3) is 0 Å². The fourth-order valence-corrected chi connectivity index (χ4v) is 9.68. The summed E-state index contributed by atoms with van der Waals surface area (Å²) in [6.45, 7) is 6.38. The molecule has 5 aliphatic rings. The Kier molecular flexibility index (Phi) is 9.17. The van der Waals surface area contributed by atoms with Gasteiger partial charge in [-0.05, 0) is 87.4 Å². The van der Waals surface area contributed by atoms with Crippen molar-refractivity contribution in [1.29, 1.82) is 0 Å². The highest BCUT2D eigenvalue weighted by molar-refractivity contribution is 5.77. The zero-order valence-corrected chi connectivity index (χ0v) is 27.8. The van der Waals surface area contributed by atoms with Crippen LogP contribution in [0.5, 0.6) is 11.5 Å². The molecule has 2 unspecified atom stereocenters. The maximum atomic E-state index is 14.2. The average molecular weight is 629 g/mol. The van der Waals surface area contributed by atoms with Crippen molar-refractivity contribution in [3.63, 3.8) is 0 Å². The van der Waals surface area contributed by atoms with Crippen molar-refractivity contribution in [3.05, 3.63) is 59.2 Å². The van der Waals surface area contributed by atoms with Crippen molar-refractivity contribution in [2.45, 2.75) is 127 Å². The van der Waals surface area contributed by atoms with E-state index in [4.69, 9.17) is 9.47 Å². The molecule has 1 N–H and O–H groups in total. The Balaban J connectivity index is 1.14. The topological polar surface area (TPSA) is 79.3 Å². The van der Waals surface area contributed by atoms with Crippen LogP contribution >= 0.6 is 0 Å². The summed E-state index contributed by atoms with van der Waals surface area (Å²) >= 11 is 0. The van der Waals surface area contributed by atoms with Gasteiger partial charge in [0.05, 0.1) is 12.1 Å². The van der Waals surface area contributed by atoms with Crippen LogP contribution in [0.3, 0.4) is 0 Å². The Bertz CT molecular complexity index is 1410. The second kappa shape index (κ2) is 13.3. The van der Waals surface area contributed by atoms with Gasteiger partial charge >= 0.3 is 5.97 Å². The molecule has 3 aliphatic carbocycles. The number of esters is 1. The third-order valence-electron chi connectivity index (χ3n) is 11.9.